The summed E-state index contributed by atoms with van der Waals surface area (Å²) in [4.78, 5) is 4.51. The normalized spacial score (nSPS) is 24.4. The van der Waals surface area contributed by atoms with E-state index < -0.39 is 0 Å². The lowest BCUT2D eigenvalue weighted by Gasteiger charge is -2.23. The summed E-state index contributed by atoms with van der Waals surface area (Å²) in [6.45, 7) is 4.28. The van der Waals surface area contributed by atoms with Crippen molar-refractivity contribution in [2.45, 2.75) is 31.6 Å². The number of anilines is 1. The van der Waals surface area contributed by atoms with E-state index in [-0.39, 0.29) is 5.82 Å². The smallest absolute Gasteiger partial charge is 0.161 e. The molecule has 1 N–H and O–H groups in total. The number of rotatable bonds is 1. The molecule has 1 aromatic rings. The third kappa shape index (κ3) is 3.45. The van der Waals surface area contributed by atoms with Crippen LogP contribution in [0.4, 0.5) is 10.1 Å². The van der Waals surface area contributed by atoms with Crippen LogP contribution >= 0.6 is 27.7 Å². The van der Waals surface area contributed by atoms with Crippen molar-refractivity contribution in [2.24, 2.45) is 4.99 Å². The molecule has 2 atom stereocenters. The lowest BCUT2D eigenvalue weighted by molar-refractivity contribution is 0.622. The summed E-state index contributed by atoms with van der Waals surface area (Å²) in [6, 6.07) is 5.32. The summed E-state index contributed by atoms with van der Waals surface area (Å²) in [5.41, 5.74) is 0.734. The highest BCUT2D eigenvalue weighted by atomic mass is 79.9. The van der Waals surface area contributed by atoms with Crippen molar-refractivity contribution in [3.05, 3.63) is 28.5 Å². The Balaban J connectivity index is 2.12. The molecule has 0 aromatic heterocycles. The molecule has 1 aliphatic rings. The maximum Gasteiger partial charge on any atom is 0.161 e. The van der Waals surface area contributed by atoms with E-state index in [0.29, 0.717) is 15.8 Å². The topological polar surface area (TPSA) is 24.4 Å². The minimum absolute atomic E-state index is 0.266. The molecule has 0 spiro atoms. The Kier molecular flexibility index (Phi) is 4.09. The van der Waals surface area contributed by atoms with Crippen LogP contribution in [0.15, 0.2) is 27.7 Å². The molecule has 1 aliphatic heterocycles. The summed E-state index contributed by atoms with van der Waals surface area (Å²) >= 11 is 4.84. The van der Waals surface area contributed by atoms with Crippen molar-refractivity contribution in [3.63, 3.8) is 0 Å². The largest absolute Gasteiger partial charge is 0.335 e. The number of nitrogens with one attached hydrogen (secondary N) is 1. The second-order valence-electron chi connectivity index (χ2n) is 4.20. The van der Waals surface area contributed by atoms with Gasteiger partial charge in [0.25, 0.3) is 0 Å². The summed E-state index contributed by atoms with van der Waals surface area (Å²) in [6.07, 6.45) is 1.09. The van der Waals surface area contributed by atoms with Crippen molar-refractivity contribution in [1.82, 2.24) is 0 Å². The predicted molar refractivity (Wildman–Crippen MR) is 76.3 cm³/mol. The van der Waals surface area contributed by atoms with E-state index >= 15 is 0 Å². The highest BCUT2D eigenvalue weighted by Crippen LogP contribution is 2.27. The van der Waals surface area contributed by atoms with Gasteiger partial charge in [0.05, 0.1) is 10.5 Å². The van der Waals surface area contributed by atoms with Gasteiger partial charge in [-0.15, -0.1) is 0 Å². The Bertz CT molecular complexity index is 450. The molecule has 1 heterocycles. The number of benzene rings is 1. The molecule has 92 valence electrons. The first-order chi connectivity index (χ1) is 8.04. The molecule has 2 unspecified atom stereocenters. The van der Waals surface area contributed by atoms with Crippen LogP contribution in [0.3, 0.4) is 0 Å². The highest BCUT2D eigenvalue weighted by molar-refractivity contribution is 9.10. The van der Waals surface area contributed by atoms with E-state index in [1.54, 1.807) is 17.8 Å². The molecule has 0 bridgehead atoms. The van der Waals surface area contributed by atoms with Crippen LogP contribution in [-0.2, 0) is 0 Å². The second kappa shape index (κ2) is 5.40. The molecule has 0 amide bonds. The minimum atomic E-state index is -0.266. The van der Waals surface area contributed by atoms with E-state index in [4.69, 9.17) is 0 Å². The van der Waals surface area contributed by atoms with Gasteiger partial charge in [-0.3, -0.25) is 4.99 Å². The molecular formula is C12H14BrFN2S. The van der Waals surface area contributed by atoms with Crippen molar-refractivity contribution in [1.29, 1.82) is 0 Å². The van der Waals surface area contributed by atoms with Gasteiger partial charge in [0, 0.05) is 10.9 Å². The second-order valence-corrected chi connectivity index (χ2v) is 6.48. The highest BCUT2D eigenvalue weighted by Gasteiger charge is 2.18. The van der Waals surface area contributed by atoms with Crippen LogP contribution in [0.25, 0.3) is 0 Å². The summed E-state index contributed by atoms with van der Waals surface area (Å²) in [5, 5.41) is 4.58. The van der Waals surface area contributed by atoms with Gasteiger partial charge in [0.1, 0.15) is 5.82 Å². The fourth-order valence-electron chi connectivity index (χ4n) is 1.76. The summed E-state index contributed by atoms with van der Waals surface area (Å²) in [5.74, 6) is -0.266. The Labute approximate surface area is 113 Å². The molecule has 0 radical (unpaired) electrons. The van der Waals surface area contributed by atoms with Gasteiger partial charge in [-0.05, 0) is 47.5 Å². The van der Waals surface area contributed by atoms with E-state index in [0.717, 1.165) is 17.3 Å². The first-order valence-corrected chi connectivity index (χ1v) is 7.18. The van der Waals surface area contributed by atoms with E-state index in [1.165, 1.54) is 6.07 Å². The molecular weight excluding hydrogens is 303 g/mol. The van der Waals surface area contributed by atoms with Crippen LogP contribution in [0.2, 0.25) is 0 Å². The Morgan fingerprint density at radius 1 is 1.47 bits per heavy atom. The van der Waals surface area contributed by atoms with Gasteiger partial charge in [-0.2, -0.15) is 0 Å². The zero-order chi connectivity index (χ0) is 12.4. The fourth-order valence-corrected chi connectivity index (χ4v) is 3.18. The maximum atomic E-state index is 13.4. The molecule has 2 nitrogen and oxygen atoms in total. The van der Waals surface area contributed by atoms with Crippen LogP contribution in [-0.4, -0.2) is 16.5 Å². The van der Waals surface area contributed by atoms with E-state index in [2.05, 4.69) is 40.1 Å². The monoisotopic (exact) mass is 316 g/mol. The molecule has 0 aliphatic carbocycles. The van der Waals surface area contributed by atoms with Crippen molar-refractivity contribution in [2.75, 3.05) is 5.32 Å². The van der Waals surface area contributed by atoms with E-state index in [9.17, 15) is 4.39 Å². The molecule has 5 heteroatoms. The Hall–Kier alpha value is -0.550. The average molecular weight is 317 g/mol. The number of amidine groups is 1. The Morgan fingerprint density at radius 3 is 2.88 bits per heavy atom. The summed E-state index contributed by atoms with van der Waals surface area (Å²) < 4.78 is 13.8. The first kappa shape index (κ1) is 12.9. The zero-order valence-electron chi connectivity index (χ0n) is 9.71. The van der Waals surface area contributed by atoms with Gasteiger partial charge in [0.2, 0.25) is 0 Å². The van der Waals surface area contributed by atoms with Gasteiger partial charge < -0.3 is 5.32 Å². The predicted octanol–water partition coefficient (Wildman–Crippen LogP) is 4.27. The third-order valence-corrected chi connectivity index (χ3v) is 4.16. The minimum Gasteiger partial charge on any atom is -0.335 e. The van der Waals surface area contributed by atoms with Gasteiger partial charge in [-0.25, -0.2) is 4.39 Å². The van der Waals surface area contributed by atoms with Crippen molar-refractivity contribution in [3.8, 4) is 0 Å². The SMILES string of the molecule is CC1CC(C)SC(Nc2ccc(Br)c(F)c2)=N1. The summed E-state index contributed by atoms with van der Waals surface area (Å²) in [7, 11) is 0. The fraction of sp³-hybridized carbons (Fsp3) is 0.417. The molecule has 1 aromatic carbocycles. The number of hydrogen-bond acceptors (Lipinski definition) is 3. The lowest BCUT2D eigenvalue weighted by atomic mass is 10.2. The third-order valence-electron chi connectivity index (χ3n) is 2.49. The molecule has 0 saturated heterocycles. The Morgan fingerprint density at radius 2 is 2.24 bits per heavy atom. The maximum absolute atomic E-state index is 13.4. The number of halogens is 2. The number of thioether (sulfide) groups is 1. The van der Waals surface area contributed by atoms with Gasteiger partial charge >= 0.3 is 0 Å². The van der Waals surface area contributed by atoms with Gasteiger partial charge in [0.15, 0.2) is 5.17 Å². The number of hydrogen-bond donors (Lipinski definition) is 1. The standard InChI is InChI=1S/C12H14BrFN2S/c1-7-5-8(2)17-12(15-7)16-9-3-4-10(13)11(14)6-9/h3-4,6-8H,5H2,1-2H3,(H,15,16). The molecule has 17 heavy (non-hydrogen) atoms. The molecule has 0 saturated carbocycles. The van der Waals surface area contributed by atoms with Crippen LogP contribution < -0.4 is 5.32 Å². The number of nitrogens with zero attached hydrogens (tertiary/aromatic N) is 1. The quantitative estimate of drug-likeness (QED) is 0.836. The van der Waals surface area contributed by atoms with Crippen molar-refractivity contribution < 1.29 is 4.39 Å². The van der Waals surface area contributed by atoms with Gasteiger partial charge in [-0.1, -0.05) is 18.7 Å². The zero-order valence-corrected chi connectivity index (χ0v) is 12.1. The first-order valence-electron chi connectivity index (χ1n) is 5.51. The molecule has 0 fully saturated rings. The van der Waals surface area contributed by atoms with Crippen LogP contribution in [0.1, 0.15) is 20.3 Å². The van der Waals surface area contributed by atoms with Crippen molar-refractivity contribution >= 4 is 38.5 Å². The van der Waals surface area contributed by atoms with Crippen LogP contribution in [0.5, 0.6) is 0 Å². The average Bonchev–Trinajstić information content (AvgIpc) is 2.22. The van der Waals surface area contributed by atoms with Crippen LogP contribution in [0, 0.1) is 5.82 Å². The van der Waals surface area contributed by atoms with E-state index in [1.807, 2.05) is 6.07 Å². The lowest BCUT2D eigenvalue weighted by Crippen LogP contribution is -2.22. The number of aliphatic imine (C=N–C) groups is 1. The molecule has 2 rings (SSSR count).